The zero-order chi connectivity index (χ0) is 12.3. The molecule has 0 saturated heterocycles. The van der Waals surface area contributed by atoms with Crippen molar-refractivity contribution in [3.05, 3.63) is 33.9 Å². The van der Waals surface area contributed by atoms with Crippen LogP contribution in [0.1, 0.15) is 10.4 Å². The molecule has 0 aliphatic heterocycles. The van der Waals surface area contributed by atoms with Gasteiger partial charge in [-0.2, -0.15) is 0 Å². The number of hydrazine groups is 1. The van der Waals surface area contributed by atoms with Crippen molar-refractivity contribution in [3.63, 3.8) is 0 Å². The number of hydrogen-bond acceptors (Lipinski definition) is 5. The molecule has 0 saturated carbocycles. The summed E-state index contributed by atoms with van der Waals surface area (Å²) in [5.41, 5.74) is 2.39. The van der Waals surface area contributed by atoms with Crippen LogP contribution in [-0.4, -0.2) is 29.8 Å². The number of benzene rings is 1. The molecule has 0 aliphatic carbocycles. The lowest BCUT2D eigenvalue weighted by atomic mass is 10.1. The minimum Gasteiger partial charge on any atom is -0.345 e. The third-order valence-electron chi connectivity index (χ3n) is 2.00. The molecule has 1 aromatic rings. The van der Waals surface area contributed by atoms with E-state index in [2.05, 4.69) is 5.43 Å². The number of nitrogens with one attached hydrogen (secondary N) is 1. The van der Waals surface area contributed by atoms with Gasteiger partial charge in [-0.3, -0.25) is 20.8 Å². The maximum Gasteiger partial charge on any atom is 0.294 e. The predicted molar refractivity (Wildman–Crippen MR) is 58.9 cm³/mol. The second-order valence-electron chi connectivity index (χ2n) is 3.33. The summed E-state index contributed by atoms with van der Waals surface area (Å²) in [6.07, 6.45) is 0. The lowest BCUT2D eigenvalue weighted by Crippen LogP contribution is -2.22. The molecule has 0 atom stereocenters. The molecule has 0 fully saturated rings. The lowest BCUT2D eigenvalue weighted by molar-refractivity contribution is -0.384. The Morgan fingerprint density at radius 2 is 2.12 bits per heavy atom. The van der Waals surface area contributed by atoms with Gasteiger partial charge in [-0.1, -0.05) is 0 Å². The highest BCUT2D eigenvalue weighted by molar-refractivity contribution is 5.95. The van der Waals surface area contributed by atoms with E-state index in [0.29, 0.717) is 0 Å². The number of carbonyl (C=O) groups excluding carboxylic acids is 1. The van der Waals surface area contributed by atoms with Gasteiger partial charge in [0.2, 0.25) is 0 Å². The molecule has 0 radical (unpaired) electrons. The molecule has 7 nitrogen and oxygen atoms in total. The van der Waals surface area contributed by atoms with E-state index in [-0.39, 0.29) is 22.8 Å². The molecule has 0 aromatic heterocycles. The number of nitro groups is 1. The van der Waals surface area contributed by atoms with E-state index in [0.717, 1.165) is 0 Å². The van der Waals surface area contributed by atoms with Gasteiger partial charge in [-0.05, 0) is 12.1 Å². The average molecular weight is 224 g/mol. The molecule has 16 heavy (non-hydrogen) atoms. The molecule has 0 heterocycles. The monoisotopic (exact) mass is 224 g/mol. The third kappa shape index (κ3) is 2.26. The first-order valence-electron chi connectivity index (χ1n) is 4.44. The van der Waals surface area contributed by atoms with E-state index in [1.54, 1.807) is 14.1 Å². The van der Waals surface area contributed by atoms with E-state index >= 15 is 0 Å². The van der Waals surface area contributed by atoms with Gasteiger partial charge in [0.05, 0.1) is 4.92 Å². The number of nitrogens with two attached hydrogens (primary N) is 1. The van der Waals surface area contributed by atoms with E-state index < -0.39 is 4.92 Å². The van der Waals surface area contributed by atoms with Crippen molar-refractivity contribution in [2.24, 2.45) is 5.84 Å². The molecule has 0 bridgehead atoms. The topological polar surface area (TPSA) is 102 Å². The maximum atomic E-state index is 11.6. The molecule has 86 valence electrons. The summed E-state index contributed by atoms with van der Waals surface area (Å²) in [6.45, 7) is 0. The Morgan fingerprint density at radius 1 is 1.50 bits per heavy atom. The third-order valence-corrected chi connectivity index (χ3v) is 2.00. The van der Waals surface area contributed by atoms with E-state index in [1.807, 2.05) is 0 Å². The standard InChI is InChI=1S/C9H12N4O3/c1-12(2)9(14)6-3-4-7(11-10)8(5-6)13(15)16/h3-5,11H,10H2,1-2H3. The Hall–Kier alpha value is -2.15. The summed E-state index contributed by atoms with van der Waals surface area (Å²) in [7, 11) is 3.15. The number of anilines is 1. The SMILES string of the molecule is CN(C)C(=O)c1ccc(NN)c([N+](=O)[O-])c1. The second-order valence-corrected chi connectivity index (χ2v) is 3.33. The predicted octanol–water partition coefficient (Wildman–Crippen LogP) is 0.582. The summed E-state index contributed by atoms with van der Waals surface area (Å²) < 4.78 is 0. The fourth-order valence-corrected chi connectivity index (χ4v) is 1.20. The van der Waals surface area contributed by atoms with Crippen molar-refractivity contribution < 1.29 is 9.72 Å². The van der Waals surface area contributed by atoms with Crippen LogP contribution >= 0.6 is 0 Å². The van der Waals surface area contributed by atoms with Crippen molar-refractivity contribution in [2.75, 3.05) is 19.5 Å². The van der Waals surface area contributed by atoms with E-state index in [9.17, 15) is 14.9 Å². The van der Waals surface area contributed by atoms with Crippen molar-refractivity contribution in [2.45, 2.75) is 0 Å². The van der Waals surface area contributed by atoms with Gasteiger partial charge in [-0.15, -0.1) is 0 Å². The van der Waals surface area contributed by atoms with E-state index in [1.165, 1.54) is 23.1 Å². The van der Waals surface area contributed by atoms with Crippen LogP contribution < -0.4 is 11.3 Å². The van der Waals surface area contributed by atoms with Crippen LogP contribution in [0.15, 0.2) is 18.2 Å². The van der Waals surface area contributed by atoms with Gasteiger partial charge < -0.3 is 10.3 Å². The van der Waals surface area contributed by atoms with Crippen LogP contribution in [0.5, 0.6) is 0 Å². The van der Waals surface area contributed by atoms with Crippen LogP contribution in [0.2, 0.25) is 0 Å². The maximum absolute atomic E-state index is 11.6. The van der Waals surface area contributed by atoms with Gasteiger partial charge in [0.1, 0.15) is 5.69 Å². The molecule has 3 N–H and O–H groups in total. The number of nitrogen functional groups attached to an aromatic ring is 1. The molecular weight excluding hydrogens is 212 g/mol. The summed E-state index contributed by atoms with van der Waals surface area (Å²) in [5.74, 6) is 4.83. The Balaban J connectivity index is 3.22. The Labute approximate surface area is 92.0 Å². The smallest absolute Gasteiger partial charge is 0.294 e. The highest BCUT2D eigenvalue weighted by Crippen LogP contribution is 2.24. The number of amides is 1. The highest BCUT2D eigenvalue weighted by Gasteiger charge is 2.17. The number of rotatable bonds is 3. The molecule has 0 aliphatic rings. The quantitative estimate of drug-likeness (QED) is 0.444. The highest BCUT2D eigenvalue weighted by atomic mass is 16.6. The largest absolute Gasteiger partial charge is 0.345 e. The second kappa shape index (κ2) is 4.58. The number of carbonyl (C=O) groups is 1. The van der Waals surface area contributed by atoms with Crippen molar-refractivity contribution in [3.8, 4) is 0 Å². The normalized spacial score (nSPS) is 9.69. The summed E-state index contributed by atoms with van der Waals surface area (Å²) in [4.78, 5) is 23.0. The fraction of sp³-hybridized carbons (Fsp3) is 0.222. The molecule has 1 aromatic carbocycles. The van der Waals surface area contributed by atoms with Crippen LogP contribution in [0.4, 0.5) is 11.4 Å². The molecular formula is C9H12N4O3. The van der Waals surface area contributed by atoms with Gasteiger partial charge >= 0.3 is 0 Å². The first kappa shape index (κ1) is 11.9. The van der Waals surface area contributed by atoms with Crippen molar-refractivity contribution >= 4 is 17.3 Å². The minimum atomic E-state index is -0.596. The Kier molecular flexibility index (Phi) is 3.41. The van der Waals surface area contributed by atoms with Crippen LogP contribution in [-0.2, 0) is 0 Å². The van der Waals surface area contributed by atoms with Crippen LogP contribution in [0, 0.1) is 10.1 Å². The van der Waals surface area contributed by atoms with Crippen molar-refractivity contribution in [1.29, 1.82) is 0 Å². The van der Waals surface area contributed by atoms with E-state index in [4.69, 9.17) is 5.84 Å². The molecule has 0 unspecified atom stereocenters. The number of nitrogens with zero attached hydrogens (tertiary/aromatic N) is 2. The Bertz CT molecular complexity index is 431. The van der Waals surface area contributed by atoms with Crippen LogP contribution in [0.25, 0.3) is 0 Å². The first-order valence-corrected chi connectivity index (χ1v) is 4.44. The Morgan fingerprint density at radius 3 is 2.56 bits per heavy atom. The van der Waals surface area contributed by atoms with Crippen molar-refractivity contribution in [1.82, 2.24) is 4.90 Å². The van der Waals surface area contributed by atoms with Gasteiger partial charge in [-0.25, -0.2) is 0 Å². The average Bonchev–Trinajstić information content (AvgIpc) is 2.26. The summed E-state index contributed by atoms with van der Waals surface area (Å²) in [5, 5.41) is 10.7. The molecule has 7 heteroatoms. The van der Waals surface area contributed by atoms with Gasteiger partial charge in [0.15, 0.2) is 0 Å². The zero-order valence-corrected chi connectivity index (χ0v) is 8.93. The zero-order valence-electron chi connectivity index (χ0n) is 8.93. The van der Waals surface area contributed by atoms with Gasteiger partial charge in [0, 0.05) is 25.7 Å². The molecule has 1 rings (SSSR count). The minimum absolute atomic E-state index is 0.167. The lowest BCUT2D eigenvalue weighted by Gasteiger charge is -2.10. The summed E-state index contributed by atoms with van der Waals surface area (Å²) >= 11 is 0. The summed E-state index contributed by atoms with van der Waals surface area (Å²) in [6, 6.07) is 4.07. The van der Waals surface area contributed by atoms with Gasteiger partial charge in [0.25, 0.3) is 11.6 Å². The number of hydrogen-bond donors (Lipinski definition) is 2. The fourth-order valence-electron chi connectivity index (χ4n) is 1.20. The van der Waals surface area contributed by atoms with Crippen LogP contribution in [0.3, 0.4) is 0 Å². The number of nitro benzene ring substituents is 1. The molecule has 0 spiro atoms. The first-order chi connectivity index (χ1) is 7.47. The molecule has 1 amide bonds.